The molecular weight excluding hydrogens is 366 g/mol. The molecule has 0 aliphatic heterocycles. The fourth-order valence-electron chi connectivity index (χ4n) is 1.52. The van der Waals surface area contributed by atoms with Gasteiger partial charge in [-0.3, -0.25) is 4.79 Å². The van der Waals surface area contributed by atoms with Crippen molar-refractivity contribution in [3.63, 3.8) is 0 Å². The summed E-state index contributed by atoms with van der Waals surface area (Å²) in [6.45, 7) is 2.50. The molecule has 0 radical (unpaired) electrons. The number of hydrogen-bond acceptors (Lipinski definition) is 5. The van der Waals surface area contributed by atoms with Crippen LogP contribution in [0.2, 0.25) is 0 Å². The Balaban J connectivity index is 2.24. The summed E-state index contributed by atoms with van der Waals surface area (Å²) in [5.41, 5.74) is 5.38. The van der Waals surface area contributed by atoms with Crippen LogP contribution in [-0.4, -0.2) is 17.4 Å². The highest BCUT2D eigenvalue weighted by molar-refractivity contribution is 9.10. The van der Waals surface area contributed by atoms with Gasteiger partial charge in [-0.15, -0.1) is 0 Å². The number of halogens is 3. The van der Waals surface area contributed by atoms with Crippen molar-refractivity contribution in [1.29, 1.82) is 0 Å². The minimum atomic E-state index is -0.758. The van der Waals surface area contributed by atoms with Crippen molar-refractivity contribution in [1.82, 2.24) is 4.98 Å². The molecule has 0 atom stereocenters. The van der Waals surface area contributed by atoms with Crippen LogP contribution in [0.1, 0.15) is 16.6 Å². The third-order valence-electron chi connectivity index (χ3n) is 2.45. The first-order valence-corrected chi connectivity index (χ1v) is 7.49. The van der Waals surface area contributed by atoms with Gasteiger partial charge in [-0.2, -0.15) is 0 Å². The lowest BCUT2D eigenvalue weighted by Crippen LogP contribution is -2.13. The summed E-state index contributed by atoms with van der Waals surface area (Å²) in [4.78, 5) is 16.2. The number of carbonyl (C=O) groups is 1. The number of nitrogens with one attached hydrogen (secondary N) is 2. The second kappa shape index (κ2) is 6.35. The summed E-state index contributed by atoms with van der Waals surface area (Å²) >= 11 is 3.90. The lowest BCUT2D eigenvalue weighted by atomic mass is 10.3. The minimum absolute atomic E-state index is 0.0234. The van der Waals surface area contributed by atoms with Gasteiger partial charge in [0.15, 0.2) is 5.13 Å². The predicted molar refractivity (Wildman–Crippen MR) is 82.7 cm³/mol. The first-order valence-electron chi connectivity index (χ1n) is 5.88. The number of nitrogens with zero attached hydrogens (tertiary/aromatic N) is 1. The van der Waals surface area contributed by atoms with Gasteiger partial charge in [0, 0.05) is 12.6 Å². The Hall–Kier alpha value is -1.74. The Morgan fingerprint density at radius 1 is 1.43 bits per heavy atom. The van der Waals surface area contributed by atoms with Crippen molar-refractivity contribution in [2.75, 3.05) is 22.9 Å². The monoisotopic (exact) mass is 376 g/mol. The van der Waals surface area contributed by atoms with Gasteiger partial charge < -0.3 is 16.4 Å². The minimum Gasteiger partial charge on any atom is -0.382 e. The molecule has 0 unspecified atom stereocenters. The molecule has 2 aromatic rings. The molecule has 0 bridgehead atoms. The summed E-state index contributed by atoms with van der Waals surface area (Å²) in [7, 11) is 0. The summed E-state index contributed by atoms with van der Waals surface area (Å²) in [5.74, 6) is -2.05. The lowest BCUT2D eigenvalue weighted by molar-refractivity contribution is 0.103. The van der Waals surface area contributed by atoms with Gasteiger partial charge in [0.2, 0.25) is 0 Å². The van der Waals surface area contributed by atoms with Gasteiger partial charge in [0.25, 0.3) is 5.91 Å². The Kier molecular flexibility index (Phi) is 4.73. The molecule has 0 aliphatic rings. The van der Waals surface area contributed by atoms with E-state index in [9.17, 15) is 13.6 Å². The predicted octanol–water partition coefficient (Wildman–Crippen LogP) is 3.45. The number of amides is 1. The van der Waals surface area contributed by atoms with Crippen molar-refractivity contribution in [3.05, 3.63) is 33.1 Å². The molecule has 112 valence electrons. The van der Waals surface area contributed by atoms with E-state index in [-0.39, 0.29) is 20.9 Å². The molecule has 0 fully saturated rings. The standard InChI is InChI=1S/C12H11BrF2N4OS/c1-2-17-12-19-10(16)9(21-12)11(20)18-8-4-6(14)5(13)3-7(8)15/h3-4H,2,16H2,1H3,(H,17,19)(H,18,20). The molecule has 0 saturated carbocycles. The van der Waals surface area contributed by atoms with E-state index < -0.39 is 17.5 Å². The van der Waals surface area contributed by atoms with Crippen LogP contribution < -0.4 is 16.4 Å². The molecule has 9 heteroatoms. The molecule has 0 aliphatic carbocycles. The van der Waals surface area contributed by atoms with Crippen molar-refractivity contribution in [2.45, 2.75) is 6.92 Å². The fraction of sp³-hybridized carbons (Fsp3) is 0.167. The van der Waals surface area contributed by atoms with Crippen LogP contribution in [0.5, 0.6) is 0 Å². The van der Waals surface area contributed by atoms with Crippen molar-refractivity contribution < 1.29 is 13.6 Å². The van der Waals surface area contributed by atoms with Crippen LogP contribution in [0.4, 0.5) is 25.4 Å². The summed E-state index contributed by atoms with van der Waals surface area (Å²) in [6, 6.07) is 1.82. The van der Waals surface area contributed by atoms with Gasteiger partial charge in [-0.25, -0.2) is 13.8 Å². The number of carbonyl (C=O) groups excluding carboxylic acids is 1. The number of nitrogen functional groups attached to an aromatic ring is 1. The topological polar surface area (TPSA) is 80.0 Å². The SMILES string of the molecule is CCNc1nc(N)c(C(=O)Nc2cc(F)c(Br)cc2F)s1. The number of anilines is 3. The molecule has 2 rings (SSSR count). The van der Waals surface area contributed by atoms with Crippen molar-refractivity contribution in [3.8, 4) is 0 Å². The molecule has 5 nitrogen and oxygen atoms in total. The van der Waals surface area contributed by atoms with Crippen LogP contribution in [0.25, 0.3) is 0 Å². The fourth-order valence-corrected chi connectivity index (χ4v) is 2.68. The van der Waals surface area contributed by atoms with Crippen molar-refractivity contribution in [2.24, 2.45) is 0 Å². The zero-order valence-electron chi connectivity index (χ0n) is 10.8. The van der Waals surface area contributed by atoms with Gasteiger partial charge in [0.05, 0.1) is 10.2 Å². The zero-order chi connectivity index (χ0) is 15.6. The molecule has 1 aromatic carbocycles. The third-order valence-corrected chi connectivity index (χ3v) is 4.08. The average molecular weight is 377 g/mol. The van der Waals surface area contributed by atoms with Gasteiger partial charge in [0.1, 0.15) is 22.3 Å². The third kappa shape index (κ3) is 3.48. The Morgan fingerprint density at radius 2 is 2.14 bits per heavy atom. The molecule has 1 amide bonds. The highest BCUT2D eigenvalue weighted by atomic mass is 79.9. The average Bonchev–Trinajstić information content (AvgIpc) is 2.77. The van der Waals surface area contributed by atoms with Crippen LogP contribution in [0.15, 0.2) is 16.6 Å². The molecule has 0 saturated heterocycles. The van der Waals surface area contributed by atoms with E-state index >= 15 is 0 Å². The smallest absolute Gasteiger partial charge is 0.269 e. The lowest BCUT2D eigenvalue weighted by Gasteiger charge is -2.06. The van der Waals surface area contributed by atoms with Crippen LogP contribution in [0, 0.1) is 11.6 Å². The number of benzene rings is 1. The van der Waals surface area contributed by atoms with Crippen LogP contribution in [-0.2, 0) is 0 Å². The van der Waals surface area contributed by atoms with Gasteiger partial charge >= 0.3 is 0 Å². The summed E-state index contributed by atoms with van der Waals surface area (Å²) in [5, 5.41) is 5.69. The molecule has 4 N–H and O–H groups in total. The van der Waals surface area contributed by atoms with E-state index in [0.29, 0.717) is 11.7 Å². The Bertz CT molecular complexity index is 692. The molecule has 21 heavy (non-hydrogen) atoms. The van der Waals surface area contributed by atoms with Gasteiger partial charge in [-0.1, -0.05) is 11.3 Å². The Morgan fingerprint density at radius 3 is 2.81 bits per heavy atom. The van der Waals surface area contributed by atoms with Crippen LogP contribution in [0.3, 0.4) is 0 Å². The number of hydrogen-bond donors (Lipinski definition) is 3. The van der Waals surface area contributed by atoms with E-state index in [1.54, 1.807) is 0 Å². The number of thiazole rings is 1. The zero-order valence-corrected chi connectivity index (χ0v) is 13.2. The van der Waals surface area contributed by atoms with E-state index in [1.165, 1.54) is 0 Å². The van der Waals surface area contributed by atoms with E-state index in [4.69, 9.17) is 5.73 Å². The first kappa shape index (κ1) is 15.6. The van der Waals surface area contributed by atoms with E-state index in [0.717, 1.165) is 23.5 Å². The maximum absolute atomic E-state index is 13.7. The molecule has 0 spiro atoms. The largest absolute Gasteiger partial charge is 0.382 e. The quantitative estimate of drug-likeness (QED) is 0.713. The number of aromatic nitrogens is 1. The maximum atomic E-state index is 13.7. The summed E-state index contributed by atoms with van der Waals surface area (Å²) < 4.78 is 27.0. The molecule has 1 heterocycles. The maximum Gasteiger partial charge on any atom is 0.269 e. The molecular formula is C12H11BrF2N4OS. The van der Waals surface area contributed by atoms with Gasteiger partial charge in [-0.05, 0) is 28.9 Å². The highest BCUT2D eigenvalue weighted by Gasteiger charge is 2.18. The highest BCUT2D eigenvalue weighted by Crippen LogP contribution is 2.28. The van der Waals surface area contributed by atoms with E-state index in [1.807, 2.05) is 6.92 Å². The second-order valence-corrected chi connectivity index (χ2v) is 5.82. The van der Waals surface area contributed by atoms with Crippen LogP contribution >= 0.6 is 27.3 Å². The first-order chi connectivity index (χ1) is 9.92. The second-order valence-electron chi connectivity index (χ2n) is 3.96. The normalized spacial score (nSPS) is 10.5. The van der Waals surface area contributed by atoms with E-state index in [2.05, 4.69) is 31.5 Å². The molecule has 1 aromatic heterocycles. The number of nitrogens with two attached hydrogens (primary N) is 1. The number of rotatable bonds is 4. The van der Waals surface area contributed by atoms with Crippen molar-refractivity contribution >= 4 is 49.8 Å². The Labute approximate surface area is 131 Å². The summed E-state index contributed by atoms with van der Waals surface area (Å²) in [6.07, 6.45) is 0.